The van der Waals surface area contributed by atoms with Gasteiger partial charge in [0.15, 0.2) is 11.5 Å². The molecule has 1 aromatic heterocycles. The molecular formula is C17H19N3O2S. The van der Waals surface area contributed by atoms with Gasteiger partial charge in [-0.25, -0.2) is 4.98 Å². The molecule has 1 amide bonds. The van der Waals surface area contributed by atoms with E-state index < -0.39 is 0 Å². The Hall–Kier alpha value is -1.79. The second kappa shape index (κ2) is 6.37. The van der Waals surface area contributed by atoms with Gasteiger partial charge in [0.05, 0.1) is 6.20 Å². The summed E-state index contributed by atoms with van der Waals surface area (Å²) in [5.41, 5.74) is 0.711. The molecule has 3 saturated heterocycles. The predicted octanol–water partition coefficient (Wildman–Crippen LogP) is 2.65. The number of nitrogens with zero attached hydrogens (tertiary/aromatic N) is 2. The van der Waals surface area contributed by atoms with Crippen molar-refractivity contribution in [2.75, 3.05) is 19.6 Å². The standard InChI is InChI=1S/C17H19N3O2S/c21-17(19-15-10-20-7-5-12(15)6-8-20)13-1-3-14(4-2-13)23-16-9-18-11-22-16/h1-4,9,11-12,15H,5-8,10H2,(H,19,21)/t15-/m0/s1. The number of piperidine rings is 3. The van der Waals surface area contributed by atoms with Gasteiger partial charge in [-0.3, -0.25) is 4.79 Å². The molecule has 1 aromatic carbocycles. The Morgan fingerprint density at radius 3 is 2.65 bits per heavy atom. The molecule has 3 fully saturated rings. The van der Waals surface area contributed by atoms with Crippen LogP contribution in [0.1, 0.15) is 23.2 Å². The summed E-state index contributed by atoms with van der Waals surface area (Å²) in [6.07, 6.45) is 5.51. The van der Waals surface area contributed by atoms with E-state index in [4.69, 9.17) is 4.42 Å². The van der Waals surface area contributed by atoms with Gasteiger partial charge in [-0.2, -0.15) is 0 Å². The van der Waals surface area contributed by atoms with Crippen LogP contribution in [-0.4, -0.2) is 41.5 Å². The van der Waals surface area contributed by atoms with E-state index in [2.05, 4.69) is 15.2 Å². The fourth-order valence-electron chi connectivity index (χ4n) is 3.43. The molecule has 6 heteroatoms. The fraction of sp³-hybridized carbons (Fsp3) is 0.412. The summed E-state index contributed by atoms with van der Waals surface area (Å²) in [7, 11) is 0. The second-order valence-electron chi connectivity index (χ2n) is 6.16. The van der Waals surface area contributed by atoms with Crippen LogP contribution >= 0.6 is 11.8 Å². The van der Waals surface area contributed by atoms with E-state index in [1.807, 2.05) is 24.3 Å². The molecule has 3 aliphatic heterocycles. The summed E-state index contributed by atoms with van der Waals surface area (Å²) in [4.78, 5) is 19.8. The zero-order valence-corrected chi connectivity index (χ0v) is 13.6. The molecule has 0 unspecified atom stereocenters. The lowest BCUT2D eigenvalue weighted by molar-refractivity contribution is 0.0620. The molecule has 23 heavy (non-hydrogen) atoms. The Morgan fingerprint density at radius 2 is 2.04 bits per heavy atom. The molecule has 2 bridgehead atoms. The maximum Gasteiger partial charge on any atom is 0.251 e. The minimum Gasteiger partial charge on any atom is -0.437 e. The van der Waals surface area contributed by atoms with Crippen molar-refractivity contribution in [3.05, 3.63) is 42.4 Å². The second-order valence-corrected chi connectivity index (χ2v) is 7.24. The molecule has 0 radical (unpaired) electrons. The van der Waals surface area contributed by atoms with E-state index in [0.29, 0.717) is 17.5 Å². The number of hydrogen-bond donors (Lipinski definition) is 1. The van der Waals surface area contributed by atoms with Crippen LogP contribution in [0, 0.1) is 5.92 Å². The number of rotatable bonds is 4. The van der Waals surface area contributed by atoms with E-state index in [9.17, 15) is 4.79 Å². The number of carbonyl (C=O) groups excluding carboxylic acids is 1. The summed E-state index contributed by atoms with van der Waals surface area (Å²) >= 11 is 1.49. The lowest BCUT2D eigenvalue weighted by Crippen LogP contribution is -2.57. The molecule has 5 rings (SSSR count). The third-order valence-electron chi connectivity index (χ3n) is 4.72. The molecule has 0 aliphatic carbocycles. The number of aromatic nitrogens is 1. The summed E-state index contributed by atoms with van der Waals surface area (Å²) in [5, 5.41) is 3.96. The molecule has 1 N–H and O–H groups in total. The van der Waals surface area contributed by atoms with Crippen molar-refractivity contribution >= 4 is 17.7 Å². The molecular weight excluding hydrogens is 310 g/mol. The fourth-order valence-corrected chi connectivity index (χ4v) is 4.13. The van der Waals surface area contributed by atoms with Crippen molar-refractivity contribution in [1.29, 1.82) is 0 Å². The first-order valence-electron chi connectivity index (χ1n) is 7.97. The normalized spacial score (nSPS) is 26.2. The molecule has 120 valence electrons. The van der Waals surface area contributed by atoms with E-state index >= 15 is 0 Å². The molecule has 0 spiro atoms. The lowest BCUT2D eigenvalue weighted by Gasteiger charge is -2.44. The SMILES string of the molecule is O=C(N[C@H]1CN2CCC1CC2)c1ccc(Sc2cnco2)cc1. The van der Waals surface area contributed by atoms with Crippen LogP contribution in [0.5, 0.6) is 0 Å². The summed E-state index contributed by atoms with van der Waals surface area (Å²) in [6.45, 7) is 3.37. The van der Waals surface area contributed by atoms with Crippen LogP contribution in [0.2, 0.25) is 0 Å². The van der Waals surface area contributed by atoms with Gasteiger partial charge < -0.3 is 14.6 Å². The highest BCUT2D eigenvalue weighted by molar-refractivity contribution is 7.99. The van der Waals surface area contributed by atoms with Gasteiger partial charge >= 0.3 is 0 Å². The van der Waals surface area contributed by atoms with Crippen LogP contribution in [-0.2, 0) is 0 Å². The van der Waals surface area contributed by atoms with Crippen LogP contribution in [0.3, 0.4) is 0 Å². The summed E-state index contributed by atoms with van der Waals surface area (Å²) in [6, 6.07) is 7.93. The summed E-state index contributed by atoms with van der Waals surface area (Å²) < 4.78 is 5.21. The van der Waals surface area contributed by atoms with Crippen LogP contribution in [0.15, 0.2) is 51.3 Å². The maximum absolute atomic E-state index is 12.5. The average Bonchev–Trinajstić information content (AvgIpc) is 3.09. The summed E-state index contributed by atoms with van der Waals surface area (Å²) in [5.74, 6) is 0.671. The lowest BCUT2D eigenvalue weighted by atomic mass is 9.84. The van der Waals surface area contributed by atoms with Gasteiger partial charge in [0.25, 0.3) is 5.91 Å². The first-order valence-corrected chi connectivity index (χ1v) is 8.79. The van der Waals surface area contributed by atoms with Crippen molar-refractivity contribution < 1.29 is 9.21 Å². The largest absolute Gasteiger partial charge is 0.437 e. The topological polar surface area (TPSA) is 58.4 Å². The number of amides is 1. The zero-order chi connectivity index (χ0) is 15.6. The number of oxazole rings is 1. The number of benzene rings is 1. The predicted molar refractivity (Wildman–Crippen MR) is 87.5 cm³/mol. The van der Waals surface area contributed by atoms with Gasteiger partial charge in [-0.15, -0.1) is 0 Å². The van der Waals surface area contributed by atoms with Gasteiger partial charge in [0.2, 0.25) is 0 Å². The smallest absolute Gasteiger partial charge is 0.251 e. The zero-order valence-electron chi connectivity index (χ0n) is 12.8. The van der Waals surface area contributed by atoms with Gasteiger partial charge in [0.1, 0.15) is 0 Å². The molecule has 4 heterocycles. The highest BCUT2D eigenvalue weighted by Gasteiger charge is 2.34. The van der Waals surface area contributed by atoms with Crippen molar-refractivity contribution in [2.24, 2.45) is 5.92 Å². The van der Waals surface area contributed by atoms with E-state index in [0.717, 1.165) is 16.5 Å². The Labute approximate surface area is 139 Å². The molecule has 2 aromatic rings. The van der Waals surface area contributed by atoms with E-state index in [1.54, 1.807) is 6.20 Å². The van der Waals surface area contributed by atoms with E-state index in [1.165, 1.54) is 44.1 Å². The van der Waals surface area contributed by atoms with Crippen LogP contribution in [0.25, 0.3) is 0 Å². The van der Waals surface area contributed by atoms with Crippen LogP contribution < -0.4 is 5.32 Å². The Kier molecular flexibility index (Phi) is 4.10. The first kappa shape index (κ1) is 14.8. The molecule has 3 aliphatic rings. The van der Waals surface area contributed by atoms with Crippen molar-refractivity contribution in [1.82, 2.24) is 15.2 Å². The van der Waals surface area contributed by atoms with Crippen LogP contribution in [0.4, 0.5) is 0 Å². The number of carbonyl (C=O) groups is 1. The minimum absolute atomic E-state index is 0.0277. The minimum atomic E-state index is 0.0277. The third-order valence-corrected chi connectivity index (χ3v) is 5.63. The van der Waals surface area contributed by atoms with E-state index in [-0.39, 0.29) is 5.91 Å². The molecule has 1 atom stereocenters. The quantitative estimate of drug-likeness (QED) is 0.934. The Morgan fingerprint density at radius 1 is 1.26 bits per heavy atom. The Bertz CT molecular complexity index is 664. The highest BCUT2D eigenvalue weighted by atomic mass is 32.2. The number of hydrogen-bond acceptors (Lipinski definition) is 5. The third kappa shape index (κ3) is 3.28. The number of nitrogens with one attached hydrogen (secondary N) is 1. The number of fused-ring (bicyclic) bond motifs is 3. The molecule has 5 nitrogen and oxygen atoms in total. The van der Waals surface area contributed by atoms with Crippen molar-refractivity contribution in [3.63, 3.8) is 0 Å². The van der Waals surface area contributed by atoms with Gasteiger partial charge in [0, 0.05) is 23.0 Å². The molecule has 0 saturated carbocycles. The monoisotopic (exact) mass is 329 g/mol. The van der Waals surface area contributed by atoms with Crippen molar-refractivity contribution in [2.45, 2.75) is 28.9 Å². The van der Waals surface area contributed by atoms with Crippen molar-refractivity contribution in [3.8, 4) is 0 Å². The maximum atomic E-state index is 12.5. The Balaban J connectivity index is 1.38. The van der Waals surface area contributed by atoms with Gasteiger partial charge in [-0.1, -0.05) is 11.8 Å². The van der Waals surface area contributed by atoms with Gasteiger partial charge in [-0.05, 0) is 56.1 Å². The highest BCUT2D eigenvalue weighted by Crippen LogP contribution is 2.29. The average molecular weight is 329 g/mol. The first-order chi connectivity index (χ1) is 11.3.